The van der Waals surface area contributed by atoms with Crippen LogP contribution in [-0.2, 0) is 23.9 Å². The third-order valence-electron chi connectivity index (χ3n) is 5.69. The molecule has 0 amide bonds. The van der Waals surface area contributed by atoms with Crippen LogP contribution >= 0.6 is 0 Å². The number of esters is 2. The van der Waals surface area contributed by atoms with Crippen LogP contribution in [0.2, 0.25) is 0 Å². The summed E-state index contributed by atoms with van der Waals surface area (Å²) in [5.74, 6) is -2.72. The lowest BCUT2D eigenvalue weighted by Gasteiger charge is -2.38. The molecule has 30 heavy (non-hydrogen) atoms. The fraction of sp³-hybridized carbons (Fsp3) is 0.435. The lowest BCUT2D eigenvalue weighted by atomic mass is 9.69. The maximum atomic E-state index is 13.6. The number of methoxy groups -OCH3 is 2. The second kappa shape index (κ2) is 8.73. The number of Topliss-reactive ketones (excluding diaryl/α,β-unsaturated/α-hetero) is 1. The molecular weight excluding hydrogens is 386 g/mol. The van der Waals surface area contributed by atoms with E-state index in [0.29, 0.717) is 40.3 Å². The molecule has 0 aromatic heterocycles. The summed E-state index contributed by atoms with van der Waals surface area (Å²) in [4.78, 5) is 38.9. The molecule has 0 fully saturated rings. The largest absolute Gasteiger partial charge is 0.496 e. The summed E-state index contributed by atoms with van der Waals surface area (Å²) in [6.45, 7) is 5.58. The third-order valence-corrected chi connectivity index (χ3v) is 5.69. The first-order valence-corrected chi connectivity index (χ1v) is 9.98. The molecule has 1 aromatic rings. The van der Waals surface area contributed by atoms with Gasteiger partial charge in [-0.15, -0.1) is 0 Å². The van der Waals surface area contributed by atoms with Gasteiger partial charge in [0.2, 0.25) is 0 Å². The quantitative estimate of drug-likeness (QED) is 0.586. The highest BCUT2D eigenvalue weighted by molar-refractivity contribution is 6.12. The molecule has 1 aliphatic heterocycles. The molecule has 2 aliphatic rings. The predicted octanol–water partition coefficient (Wildman–Crippen LogP) is 2.87. The van der Waals surface area contributed by atoms with Gasteiger partial charge in [-0.05, 0) is 32.3 Å². The first kappa shape index (κ1) is 21.6. The molecule has 1 N–H and O–H groups in total. The maximum absolute atomic E-state index is 13.6. The van der Waals surface area contributed by atoms with Crippen molar-refractivity contribution in [2.24, 2.45) is 11.8 Å². The van der Waals surface area contributed by atoms with Crippen molar-refractivity contribution in [1.29, 1.82) is 0 Å². The number of ketones is 1. The van der Waals surface area contributed by atoms with Crippen molar-refractivity contribution in [3.05, 3.63) is 52.4 Å². The minimum Gasteiger partial charge on any atom is -0.496 e. The normalized spacial score (nSPS) is 23.5. The Balaban J connectivity index is 2.23. The maximum Gasteiger partial charge on any atom is 0.336 e. The Kier molecular flexibility index (Phi) is 6.29. The van der Waals surface area contributed by atoms with E-state index in [1.807, 2.05) is 25.1 Å². The predicted molar refractivity (Wildman–Crippen MR) is 110 cm³/mol. The zero-order valence-electron chi connectivity index (χ0n) is 17.9. The Morgan fingerprint density at radius 3 is 2.53 bits per heavy atom. The molecular formula is C23H27NO6. The minimum absolute atomic E-state index is 0.204. The van der Waals surface area contributed by atoms with Gasteiger partial charge in [0.25, 0.3) is 0 Å². The van der Waals surface area contributed by atoms with Gasteiger partial charge in [-0.25, -0.2) is 4.79 Å². The van der Waals surface area contributed by atoms with E-state index in [1.54, 1.807) is 19.9 Å². The van der Waals surface area contributed by atoms with E-state index in [0.717, 1.165) is 0 Å². The summed E-state index contributed by atoms with van der Waals surface area (Å²) in [6, 6.07) is 7.25. The van der Waals surface area contributed by atoms with Crippen LogP contribution in [0.25, 0.3) is 0 Å². The summed E-state index contributed by atoms with van der Waals surface area (Å²) in [5, 5.41) is 3.23. The molecule has 7 nitrogen and oxygen atoms in total. The Hall–Kier alpha value is -3.09. The fourth-order valence-electron chi connectivity index (χ4n) is 4.38. The Labute approximate surface area is 176 Å². The molecule has 1 aliphatic carbocycles. The van der Waals surface area contributed by atoms with Crippen LogP contribution in [0, 0.1) is 11.8 Å². The summed E-state index contributed by atoms with van der Waals surface area (Å²) in [7, 11) is 2.81. The molecule has 0 saturated carbocycles. The van der Waals surface area contributed by atoms with Crippen LogP contribution in [0.15, 0.2) is 46.8 Å². The molecule has 3 rings (SSSR count). The number of rotatable bonds is 5. The van der Waals surface area contributed by atoms with E-state index in [1.165, 1.54) is 14.2 Å². The summed E-state index contributed by atoms with van der Waals surface area (Å²) in [5.41, 5.74) is 2.74. The van der Waals surface area contributed by atoms with E-state index in [9.17, 15) is 14.4 Å². The first-order valence-electron chi connectivity index (χ1n) is 9.98. The number of allylic oxidation sites excluding steroid dienone is 3. The Morgan fingerprint density at radius 1 is 1.20 bits per heavy atom. The number of benzene rings is 1. The highest BCUT2D eigenvalue weighted by Crippen LogP contribution is 2.47. The fourth-order valence-corrected chi connectivity index (χ4v) is 4.38. The van der Waals surface area contributed by atoms with Crippen LogP contribution in [0.4, 0.5) is 0 Å². The van der Waals surface area contributed by atoms with E-state index in [4.69, 9.17) is 14.2 Å². The molecule has 3 atom stereocenters. The average molecular weight is 413 g/mol. The molecule has 0 bridgehead atoms. The second-order valence-corrected chi connectivity index (χ2v) is 7.50. The number of dihydropyridines is 1. The molecule has 0 spiro atoms. The standard InChI is InChI=1S/C23H27NO6/c1-6-30-23(27)18-13(3)24-15-11-12(2)17(22(26)29-5)21(25)20(15)19(18)14-9-7-8-10-16(14)28-4/h7-10,12,17,19,24H,6,11H2,1-5H3/t12-,17-,19-/m1/s1. The number of ether oxygens (including phenoxy) is 3. The van der Waals surface area contributed by atoms with Gasteiger partial charge in [0.1, 0.15) is 11.7 Å². The Morgan fingerprint density at radius 2 is 1.90 bits per heavy atom. The van der Waals surface area contributed by atoms with Gasteiger partial charge in [-0.2, -0.15) is 0 Å². The molecule has 0 radical (unpaired) electrons. The SMILES string of the molecule is CCOC(=O)C1=C(C)NC2=C(C(=O)[C@H](C(=O)OC)[C@H](C)C2)[C@@H]1c1ccccc1OC. The molecule has 0 saturated heterocycles. The highest BCUT2D eigenvalue weighted by Gasteiger charge is 2.47. The lowest BCUT2D eigenvalue weighted by Crippen LogP contribution is -2.43. The highest BCUT2D eigenvalue weighted by atomic mass is 16.5. The van der Waals surface area contributed by atoms with Crippen molar-refractivity contribution in [1.82, 2.24) is 5.32 Å². The number of carbonyl (C=O) groups is 3. The van der Waals surface area contributed by atoms with Crippen molar-refractivity contribution >= 4 is 17.7 Å². The number of nitrogens with one attached hydrogen (secondary N) is 1. The second-order valence-electron chi connectivity index (χ2n) is 7.50. The topological polar surface area (TPSA) is 90.9 Å². The van der Waals surface area contributed by atoms with Gasteiger partial charge in [-0.3, -0.25) is 9.59 Å². The average Bonchev–Trinajstić information content (AvgIpc) is 2.72. The number of hydrogen-bond acceptors (Lipinski definition) is 7. The molecule has 160 valence electrons. The van der Waals surface area contributed by atoms with Gasteiger partial charge in [0, 0.05) is 22.5 Å². The summed E-state index contributed by atoms with van der Waals surface area (Å²) >= 11 is 0. The van der Waals surface area contributed by atoms with Crippen LogP contribution in [0.1, 0.15) is 38.7 Å². The monoisotopic (exact) mass is 413 g/mol. The number of para-hydroxylation sites is 1. The van der Waals surface area contributed by atoms with E-state index in [2.05, 4.69) is 5.32 Å². The van der Waals surface area contributed by atoms with Crippen LogP contribution < -0.4 is 10.1 Å². The molecule has 1 heterocycles. The molecule has 7 heteroatoms. The summed E-state index contributed by atoms with van der Waals surface area (Å²) < 4.78 is 15.7. The number of hydrogen-bond donors (Lipinski definition) is 1. The van der Waals surface area contributed by atoms with Crippen molar-refractivity contribution in [2.45, 2.75) is 33.1 Å². The minimum atomic E-state index is -0.922. The van der Waals surface area contributed by atoms with Crippen molar-refractivity contribution in [3.63, 3.8) is 0 Å². The lowest BCUT2D eigenvalue weighted by molar-refractivity contribution is -0.151. The Bertz CT molecular complexity index is 945. The zero-order chi connectivity index (χ0) is 22.0. The van der Waals surface area contributed by atoms with Crippen molar-refractivity contribution < 1.29 is 28.6 Å². The van der Waals surface area contributed by atoms with Gasteiger partial charge in [0.15, 0.2) is 5.78 Å². The van der Waals surface area contributed by atoms with Gasteiger partial charge in [0.05, 0.1) is 32.3 Å². The molecule has 0 unspecified atom stereocenters. The smallest absolute Gasteiger partial charge is 0.336 e. The third kappa shape index (κ3) is 3.60. The van der Waals surface area contributed by atoms with E-state index >= 15 is 0 Å². The van der Waals surface area contributed by atoms with Crippen molar-refractivity contribution in [3.8, 4) is 5.75 Å². The van der Waals surface area contributed by atoms with Crippen LogP contribution in [0.5, 0.6) is 5.75 Å². The van der Waals surface area contributed by atoms with Crippen molar-refractivity contribution in [2.75, 3.05) is 20.8 Å². The van der Waals surface area contributed by atoms with Gasteiger partial charge < -0.3 is 19.5 Å². The van der Waals surface area contributed by atoms with Crippen LogP contribution in [-0.4, -0.2) is 38.5 Å². The van der Waals surface area contributed by atoms with E-state index < -0.39 is 23.8 Å². The van der Waals surface area contributed by atoms with Gasteiger partial charge >= 0.3 is 11.9 Å². The number of carbonyl (C=O) groups excluding carboxylic acids is 3. The molecule has 1 aromatic carbocycles. The first-order chi connectivity index (χ1) is 14.3. The summed E-state index contributed by atoms with van der Waals surface area (Å²) in [6.07, 6.45) is 0.486. The van der Waals surface area contributed by atoms with Gasteiger partial charge in [-0.1, -0.05) is 25.1 Å². The zero-order valence-corrected chi connectivity index (χ0v) is 17.9. The van der Waals surface area contributed by atoms with E-state index in [-0.39, 0.29) is 18.3 Å². The van der Waals surface area contributed by atoms with Crippen LogP contribution in [0.3, 0.4) is 0 Å².